The number of nitrogens with zero attached hydrogens (tertiary/aromatic N) is 2. The molecule has 0 bridgehead atoms. The van der Waals surface area contributed by atoms with E-state index in [0.717, 1.165) is 18.7 Å². The van der Waals surface area contributed by atoms with E-state index < -0.39 is 0 Å². The summed E-state index contributed by atoms with van der Waals surface area (Å²) in [6.07, 6.45) is 3.12. The third kappa shape index (κ3) is 5.49. The molecule has 17 heavy (non-hydrogen) atoms. The zero-order chi connectivity index (χ0) is 12.7. The fourth-order valence-corrected chi connectivity index (χ4v) is 1.54. The van der Waals surface area contributed by atoms with Crippen LogP contribution in [0.2, 0.25) is 0 Å². The average molecular weight is 238 g/mol. The lowest BCUT2D eigenvalue weighted by Gasteiger charge is -2.08. The van der Waals surface area contributed by atoms with Gasteiger partial charge in [-0.25, -0.2) is 0 Å². The number of hydrogen-bond donors (Lipinski definition) is 2. The number of nitrogens with one attached hydrogen (secondary N) is 2. The van der Waals surface area contributed by atoms with Crippen molar-refractivity contribution in [3.05, 3.63) is 18.0 Å². The van der Waals surface area contributed by atoms with E-state index in [0.29, 0.717) is 19.0 Å². The number of aromatic nitrogens is 2. The van der Waals surface area contributed by atoms with Crippen LogP contribution in [0.3, 0.4) is 0 Å². The first-order chi connectivity index (χ1) is 8.09. The van der Waals surface area contributed by atoms with Crippen LogP contribution in [0.4, 0.5) is 0 Å². The van der Waals surface area contributed by atoms with Gasteiger partial charge in [0.05, 0.1) is 0 Å². The number of amides is 1. The fraction of sp³-hybridized carbons (Fsp3) is 0.667. The lowest BCUT2D eigenvalue weighted by Crippen LogP contribution is -2.31. The van der Waals surface area contributed by atoms with Crippen molar-refractivity contribution in [2.45, 2.75) is 32.7 Å². The van der Waals surface area contributed by atoms with Gasteiger partial charge in [0.2, 0.25) is 5.91 Å². The van der Waals surface area contributed by atoms with Gasteiger partial charge in [-0.1, -0.05) is 13.8 Å². The minimum Gasteiger partial charge on any atom is -0.356 e. The van der Waals surface area contributed by atoms with Crippen molar-refractivity contribution < 1.29 is 4.79 Å². The Morgan fingerprint density at radius 1 is 1.47 bits per heavy atom. The molecule has 0 fully saturated rings. The van der Waals surface area contributed by atoms with Gasteiger partial charge in [0.15, 0.2) is 0 Å². The van der Waals surface area contributed by atoms with Gasteiger partial charge in [-0.2, -0.15) is 5.10 Å². The van der Waals surface area contributed by atoms with Gasteiger partial charge < -0.3 is 10.6 Å². The highest BCUT2D eigenvalue weighted by molar-refractivity contribution is 5.76. The zero-order valence-electron chi connectivity index (χ0n) is 10.9. The van der Waals surface area contributed by atoms with E-state index in [1.54, 1.807) is 6.20 Å². The van der Waals surface area contributed by atoms with E-state index in [1.807, 2.05) is 17.8 Å². The predicted molar refractivity (Wildman–Crippen MR) is 67.7 cm³/mol. The third-order valence-corrected chi connectivity index (χ3v) is 2.53. The Morgan fingerprint density at radius 3 is 2.82 bits per heavy atom. The molecule has 1 rings (SSSR count). The van der Waals surface area contributed by atoms with Crippen molar-refractivity contribution in [1.82, 2.24) is 20.4 Å². The van der Waals surface area contributed by atoms with E-state index in [2.05, 4.69) is 29.6 Å². The van der Waals surface area contributed by atoms with Crippen LogP contribution in [0.15, 0.2) is 12.3 Å². The van der Waals surface area contributed by atoms with Gasteiger partial charge in [-0.05, 0) is 6.07 Å². The molecule has 0 aliphatic carbocycles. The van der Waals surface area contributed by atoms with Crippen molar-refractivity contribution >= 4 is 5.91 Å². The highest BCUT2D eigenvalue weighted by Crippen LogP contribution is 1.96. The van der Waals surface area contributed by atoms with E-state index in [9.17, 15) is 4.79 Å². The SMILES string of the molecule is CC(C)NCCC(=O)NCCc1ccnn1C. The minimum atomic E-state index is 0.0975. The second kappa shape index (κ2) is 7.06. The molecule has 0 saturated carbocycles. The van der Waals surface area contributed by atoms with Crippen molar-refractivity contribution in [2.24, 2.45) is 7.05 Å². The molecule has 0 aromatic carbocycles. The number of carbonyl (C=O) groups excluding carboxylic acids is 1. The van der Waals surface area contributed by atoms with E-state index in [-0.39, 0.29) is 5.91 Å². The first-order valence-electron chi connectivity index (χ1n) is 6.06. The Labute approximate surface area is 103 Å². The monoisotopic (exact) mass is 238 g/mol. The molecule has 0 aliphatic rings. The molecule has 5 nitrogen and oxygen atoms in total. The van der Waals surface area contributed by atoms with Crippen LogP contribution in [0.25, 0.3) is 0 Å². The first-order valence-corrected chi connectivity index (χ1v) is 6.06. The molecule has 0 aliphatic heterocycles. The molecule has 0 atom stereocenters. The molecule has 0 spiro atoms. The number of aryl methyl sites for hydroxylation is 1. The van der Waals surface area contributed by atoms with Crippen LogP contribution >= 0.6 is 0 Å². The van der Waals surface area contributed by atoms with Gasteiger partial charge in [-0.15, -0.1) is 0 Å². The lowest BCUT2D eigenvalue weighted by molar-refractivity contribution is -0.120. The quantitative estimate of drug-likeness (QED) is 0.726. The van der Waals surface area contributed by atoms with Crippen LogP contribution in [-0.2, 0) is 18.3 Å². The Hall–Kier alpha value is -1.36. The Kier molecular flexibility index (Phi) is 5.69. The summed E-state index contributed by atoms with van der Waals surface area (Å²) in [6.45, 7) is 5.54. The number of hydrogen-bond acceptors (Lipinski definition) is 3. The summed E-state index contributed by atoms with van der Waals surface area (Å²) in [5.74, 6) is 0.0975. The van der Waals surface area contributed by atoms with Crippen molar-refractivity contribution in [3.8, 4) is 0 Å². The molecular weight excluding hydrogens is 216 g/mol. The van der Waals surface area contributed by atoms with Crippen molar-refractivity contribution in [3.63, 3.8) is 0 Å². The number of carbonyl (C=O) groups is 1. The highest BCUT2D eigenvalue weighted by atomic mass is 16.1. The molecule has 1 amide bonds. The maximum Gasteiger partial charge on any atom is 0.221 e. The molecular formula is C12H22N4O. The van der Waals surface area contributed by atoms with E-state index in [4.69, 9.17) is 0 Å². The van der Waals surface area contributed by atoms with E-state index in [1.165, 1.54) is 0 Å². The van der Waals surface area contributed by atoms with Crippen LogP contribution in [0.5, 0.6) is 0 Å². The van der Waals surface area contributed by atoms with Gasteiger partial charge >= 0.3 is 0 Å². The van der Waals surface area contributed by atoms with Crippen LogP contribution in [0.1, 0.15) is 26.0 Å². The second-order valence-corrected chi connectivity index (χ2v) is 4.40. The molecule has 0 unspecified atom stereocenters. The second-order valence-electron chi connectivity index (χ2n) is 4.40. The average Bonchev–Trinajstić information content (AvgIpc) is 2.64. The first kappa shape index (κ1) is 13.7. The normalized spacial score (nSPS) is 10.8. The maximum atomic E-state index is 11.5. The van der Waals surface area contributed by atoms with Gasteiger partial charge in [0.25, 0.3) is 0 Å². The molecule has 2 N–H and O–H groups in total. The molecule has 96 valence electrons. The highest BCUT2D eigenvalue weighted by Gasteiger charge is 2.02. The topological polar surface area (TPSA) is 59.0 Å². The Bertz CT molecular complexity index is 346. The maximum absolute atomic E-state index is 11.5. The smallest absolute Gasteiger partial charge is 0.221 e. The van der Waals surface area contributed by atoms with Crippen LogP contribution in [0, 0.1) is 0 Å². The molecule has 5 heteroatoms. The summed E-state index contributed by atoms with van der Waals surface area (Å²) < 4.78 is 1.83. The molecule has 1 aromatic rings. The van der Waals surface area contributed by atoms with Gasteiger partial charge in [0.1, 0.15) is 0 Å². The molecule has 1 heterocycles. The predicted octanol–water partition coefficient (Wildman–Crippen LogP) is 0.467. The largest absolute Gasteiger partial charge is 0.356 e. The van der Waals surface area contributed by atoms with Crippen molar-refractivity contribution in [1.29, 1.82) is 0 Å². The lowest BCUT2D eigenvalue weighted by atomic mass is 10.3. The minimum absolute atomic E-state index is 0.0975. The summed E-state index contributed by atoms with van der Waals surface area (Å²) in [6, 6.07) is 2.39. The Balaban J connectivity index is 2.10. The van der Waals surface area contributed by atoms with Gasteiger partial charge in [-0.3, -0.25) is 9.48 Å². The van der Waals surface area contributed by atoms with Gasteiger partial charge in [0, 0.05) is 50.9 Å². The third-order valence-electron chi connectivity index (χ3n) is 2.53. The molecule has 1 aromatic heterocycles. The standard InChI is InChI=1S/C12H22N4O/c1-10(2)13-8-6-12(17)14-7-4-11-5-9-15-16(11)3/h5,9-10,13H,4,6-8H2,1-3H3,(H,14,17). The summed E-state index contributed by atoms with van der Waals surface area (Å²) in [5, 5.41) is 10.2. The van der Waals surface area contributed by atoms with Crippen LogP contribution in [-0.4, -0.2) is 34.8 Å². The summed E-state index contributed by atoms with van der Waals surface area (Å²) in [7, 11) is 1.91. The van der Waals surface area contributed by atoms with Crippen LogP contribution < -0.4 is 10.6 Å². The van der Waals surface area contributed by atoms with E-state index >= 15 is 0 Å². The fourth-order valence-electron chi connectivity index (χ4n) is 1.54. The Morgan fingerprint density at radius 2 is 2.24 bits per heavy atom. The summed E-state index contributed by atoms with van der Waals surface area (Å²) in [5.41, 5.74) is 1.13. The summed E-state index contributed by atoms with van der Waals surface area (Å²) >= 11 is 0. The zero-order valence-corrected chi connectivity index (χ0v) is 10.9. The molecule has 0 saturated heterocycles. The molecule has 0 radical (unpaired) electrons. The summed E-state index contributed by atoms with van der Waals surface area (Å²) in [4.78, 5) is 11.5. The number of rotatable bonds is 7. The van der Waals surface area contributed by atoms with Crippen molar-refractivity contribution in [2.75, 3.05) is 13.1 Å².